The molecule has 1 aromatic carbocycles. The van der Waals surface area contributed by atoms with Gasteiger partial charge in [-0.2, -0.15) is 0 Å². The van der Waals surface area contributed by atoms with Crippen molar-refractivity contribution >= 4 is 28.1 Å². The molecule has 0 unspecified atom stereocenters. The predicted octanol–water partition coefficient (Wildman–Crippen LogP) is 2.56. The van der Waals surface area contributed by atoms with Crippen molar-refractivity contribution in [1.29, 1.82) is 0 Å². The summed E-state index contributed by atoms with van der Waals surface area (Å²) in [6, 6.07) is 4.93. The number of benzene rings is 1. The minimum absolute atomic E-state index is 0.0592. The van der Waals surface area contributed by atoms with E-state index in [4.69, 9.17) is 4.74 Å². The van der Waals surface area contributed by atoms with Crippen molar-refractivity contribution in [3.05, 3.63) is 28.2 Å². The maximum atomic E-state index is 11.6. The number of aldehydes is 1. The topological polar surface area (TPSA) is 55.4 Å². The molecule has 0 radical (unpaired) electrons. The van der Waals surface area contributed by atoms with Gasteiger partial charge in [0, 0.05) is 11.1 Å². The Hall–Kier alpha value is -1.36. The highest BCUT2D eigenvalue weighted by Gasteiger charge is 2.14. The second-order valence-corrected chi connectivity index (χ2v) is 5.75. The lowest BCUT2D eigenvalue weighted by Crippen LogP contribution is -2.43. The molecule has 4 nitrogen and oxygen atoms in total. The smallest absolute Gasteiger partial charge is 0.258 e. The Bertz CT molecular complexity index is 452. The highest BCUT2D eigenvalue weighted by Crippen LogP contribution is 2.25. The highest BCUT2D eigenvalue weighted by atomic mass is 79.9. The van der Waals surface area contributed by atoms with Gasteiger partial charge in [0.25, 0.3) is 5.91 Å². The Labute approximate surface area is 115 Å². The summed E-state index contributed by atoms with van der Waals surface area (Å²) in [6.07, 6.45) is 0.751. The molecule has 0 aliphatic carbocycles. The van der Waals surface area contributed by atoms with Crippen LogP contribution < -0.4 is 10.1 Å². The molecule has 0 spiro atoms. The van der Waals surface area contributed by atoms with Crippen molar-refractivity contribution in [3.8, 4) is 5.75 Å². The molecule has 1 amide bonds. The molecule has 0 bridgehead atoms. The van der Waals surface area contributed by atoms with Crippen LogP contribution in [0.3, 0.4) is 0 Å². The van der Waals surface area contributed by atoms with Crippen molar-refractivity contribution in [2.75, 3.05) is 6.61 Å². The lowest BCUT2D eigenvalue weighted by molar-refractivity contribution is -0.124. The molecule has 5 heteroatoms. The Morgan fingerprint density at radius 2 is 2.11 bits per heavy atom. The molecule has 1 rings (SSSR count). The minimum atomic E-state index is -0.279. The molecule has 0 aromatic heterocycles. The monoisotopic (exact) mass is 313 g/mol. The third-order valence-electron chi connectivity index (χ3n) is 1.97. The maximum Gasteiger partial charge on any atom is 0.258 e. The van der Waals surface area contributed by atoms with Crippen molar-refractivity contribution in [3.63, 3.8) is 0 Å². The van der Waals surface area contributed by atoms with Gasteiger partial charge in [0.05, 0.1) is 4.47 Å². The van der Waals surface area contributed by atoms with Crippen LogP contribution in [0.15, 0.2) is 22.7 Å². The molecular weight excluding hydrogens is 298 g/mol. The number of nitrogens with one attached hydrogen (secondary N) is 1. The van der Waals surface area contributed by atoms with E-state index in [0.717, 1.165) is 6.29 Å². The number of hydrogen-bond donors (Lipinski definition) is 1. The van der Waals surface area contributed by atoms with Crippen molar-refractivity contribution < 1.29 is 14.3 Å². The standard InChI is InChI=1S/C13H16BrNO3/c1-13(2,3)15-12(17)8-18-11-5-4-9(7-16)6-10(11)14/h4-7H,8H2,1-3H3,(H,15,17). The Morgan fingerprint density at radius 1 is 1.44 bits per heavy atom. The first kappa shape index (κ1) is 14.7. The van der Waals surface area contributed by atoms with Gasteiger partial charge in [-0.1, -0.05) is 0 Å². The summed E-state index contributed by atoms with van der Waals surface area (Å²) in [7, 11) is 0. The van der Waals surface area contributed by atoms with Gasteiger partial charge in [-0.3, -0.25) is 9.59 Å². The first-order valence-electron chi connectivity index (χ1n) is 5.50. The van der Waals surface area contributed by atoms with Crippen LogP contribution in [0.5, 0.6) is 5.75 Å². The number of rotatable bonds is 4. The Kier molecular flexibility index (Phi) is 4.90. The minimum Gasteiger partial charge on any atom is -0.483 e. The number of hydrogen-bond acceptors (Lipinski definition) is 3. The summed E-state index contributed by atoms with van der Waals surface area (Å²) in [4.78, 5) is 22.1. The van der Waals surface area contributed by atoms with Gasteiger partial charge in [0.2, 0.25) is 0 Å². The van der Waals surface area contributed by atoms with Gasteiger partial charge >= 0.3 is 0 Å². The van der Waals surface area contributed by atoms with Crippen LogP contribution in [0, 0.1) is 0 Å². The molecule has 98 valence electrons. The average molecular weight is 314 g/mol. The third kappa shape index (κ3) is 4.87. The lowest BCUT2D eigenvalue weighted by atomic mass is 10.1. The summed E-state index contributed by atoms with van der Waals surface area (Å²) >= 11 is 3.28. The van der Waals surface area contributed by atoms with Crippen LogP contribution in [0.2, 0.25) is 0 Å². The molecule has 0 saturated heterocycles. The van der Waals surface area contributed by atoms with Gasteiger partial charge in [-0.25, -0.2) is 0 Å². The second kappa shape index (κ2) is 6.00. The number of carbonyl (C=O) groups is 2. The van der Waals surface area contributed by atoms with E-state index in [2.05, 4.69) is 21.2 Å². The van der Waals surface area contributed by atoms with E-state index in [1.807, 2.05) is 20.8 Å². The number of halogens is 1. The molecule has 0 aliphatic rings. The van der Waals surface area contributed by atoms with E-state index >= 15 is 0 Å². The van der Waals surface area contributed by atoms with Gasteiger partial charge in [0.15, 0.2) is 6.61 Å². The lowest BCUT2D eigenvalue weighted by Gasteiger charge is -2.20. The fourth-order valence-electron chi connectivity index (χ4n) is 1.31. The fraction of sp³-hybridized carbons (Fsp3) is 0.385. The van der Waals surface area contributed by atoms with Crippen LogP contribution in [-0.4, -0.2) is 24.3 Å². The summed E-state index contributed by atoms with van der Waals surface area (Å²) in [5.41, 5.74) is 0.271. The van der Waals surface area contributed by atoms with Crippen LogP contribution in [0.1, 0.15) is 31.1 Å². The van der Waals surface area contributed by atoms with Gasteiger partial charge in [0.1, 0.15) is 12.0 Å². The van der Waals surface area contributed by atoms with Crippen molar-refractivity contribution in [2.45, 2.75) is 26.3 Å². The molecule has 0 saturated carbocycles. The maximum absolute atomic E-state index is 11.6. The molecule has 1 aromatic rings. The van der Waals surface area contributed by atoms with Gasteiger partial charge in [-0.15, -0.1) is 0 Å². The third-order valence-corrected chi connectivity index (χ3v) is 2.58. The van der Waals surface area contributed by atoms with E-state index in [1.165, 1.54) is 0 Å². The zero-order valence-electron chi connectivity index (χ0n) is 10.6. The van der Waals surface area contributed by atoms with E-state index in [0.29, 0.717) is 15.8 Å². The zero-order valence-corrected chi connectivity index (χ0v) is 12.2. The Morgan fingerprint density at radius 3 is 2.61 bits per heavy atom. The summed E-state index contributed by atoms with van der Waals surface area (Å²) in [5.74, 6) is 0.346. The molecule has 0 atom stereocenters. The first-order chi connectivity index (χ1) is 8.31. The summed E-state index contributed by atoms with van der Waals surface area (Å²) in [5, 5.41) is 2.80. The van der Waals surface area contributed by atoms with Crippen LogP contribution in [0.4, 0.5) is 0 Å². The summed E-state index contributed by atoms with van der Waals surface area (Å²) in [6.45, 7) is 5.65. The molecule has 0 heterocycles. The number of ether oxygens (including phenoxy) is 1. The highest BCUT2D eigenvalue weighted by molar-refractivity contribution is 9.10. The Balaban J connectivity index is 2.59. The largest absolute Gasteiger partial charge is 0.483 e. The van der Waals surface area contributed by atoms with Crippen molar-refractivity contribution in [1.82, 2.24) is 5.32 Å². The van der Waals surface area contributed by atoms with E-state index in [-0.39, 0.29) is 18.1 Å². The molecule has 18 heavy (non-hydrogen) atoms. The van der Waals surface area contributed by atoms with Gasteiger partial charge < -0.3 is 10.1 Å². The quantitative estimate of drug-likeness (QED) is 0.869. The molecule has 0 fully saturated rings. The van der Waals surface area contributed by atoms with Crippen LogP contribution in [-0.2, 0) is 4.79 Å². The predicted molar refractivity (Wildman–Crippen MR) is 72.9 cm³/mol. The van der Waals surface area contributed by atoms with Gasteiger partial charge in [-0.05, 0) is 54.9 Å². The van der Waals surface area contributed by atoms with Crippen LogP contribution in [0.25, 0.3) is 0 Å². The number of amides is 1. The molecular formula is C13H16BrNO3. The fourth-order valence-corrected chi connectivity index (χ4v) is 1.82. The second-order valence-electron chi connectivity index (χ2n) is 4.89. The summed E-state index contributed by atoms with van der Waals surface area (Å²) < 4.78 is 6.02. The first-order valence-corrected chi connectivity index (χ1v) is 6.29. The zero-order chi connectivity index (χ0) is 13.8. The van der Waals surface area contributed by atoms with E-state index in [1.54, 1.807) is 18.2 Å². The number of carbonyl (C=O) groups excluding carboxylic acids is 2. The average Bonchev–Trinajstić information content (AvgIpc) is 2.25. The molecule has 0 aliphatic heterocycles. The van der Waals surface area contributed by atoms with Crippen molar-refractivity contribution in [2.24, 2.45) is 0 Å². The normalized spacial score (nSPS) is 10.9. The SMILES string of the molecule is CC(C)(C)NC(=O)COc1ccc(C=O)cc1Br. The van der Waals surface area contributed by atoms with E-state index in [9.17, 15) is 9.59 Å². The van der Waals surface area contributed by atoms with E-state index < -0.39 is 0 Å². The molecule has 1 N–H and O–H groups in total. The van der Waals surface area contributed by atoms with Crippen LogP contribution >= 0.6 is 15.9 Å².